The molecule has 0 saturated carbocycles. The van der Waals surface area contributed by atoms with Crippen molar-refractivity contribution in [1.82, 2.24) is 9.80 Å². The van der Waals surface area contributed by atoms with Crippen LogP contribution < -0.4 is 10.2 Å². The molecule has 1 saturated heterocycles. The smallest absolute Gasteiger partial charge is 0.256 e. The van der Waals surface area contributed by atoms with E-state index in [-0.39, 0.29) is 18.0 Å². The van der Waals surface area contributed by atoms with Crippen LogP contribution in [-0.2, 0) is 4.74 Å². The summed E-state index contributed by atoms with van der Waals surface area (Å²) >= 11 is 0. The third-order valence-electron chi connectivity index (χ3n) is 7.24. The molecule has 2 aliphatic heterocycles. The third kappa shape index (κ3) is 5.18. The van der Waals surface area contributed by atoms with E-state index >= 15 is 0 Å². The van der Waals surface area contributed by atoms with Crippen LogP contribution in [0.4, 0.5) is 11.4 Å². The molecule has 5 rings (SSSR count). The van der Waals surface area contributed by atoms with E-state index in [4.69, 9.17) is 4.74 Å². The van der Waals surface area contributed by atoms with Crippen molar-refractivity contribution in [2.45, 2.75) is 19.5 Å². The van der Waals surface area contributed by atoms with Crippen LogP contribution >= 0.6 is 0 Å². The number of hydrogen-bond donors (Lipinski definition) is 1. The minimum atomic E-state index is -0.288. The predicted octanol–water partition coefficient (Wildman–Crippen LogP) is 4.56. The standard InChI is InChI=1S/C30H34N4O3/c1-22-9-3-6-14-27(22)32-16-18-33(19-17-32)29(35)23-10-7-11-24(21-23)31-28-25-12-4-5-13-26(25)30(36)34(28)15-8-20-37-2/h3-7,9-14,21,28,31H,8,15-20H2,1-2H3. The van der Waals surface area contributed by atoms with Crippen LogP contribution in [0.2, 0.25) is 0 Å². The highest BCUT2D eigenvalue weighted by molar-refractivity contribution is 5.99. The summed E-state index contributed by atoms with van der Waals surface area (Å²) in [7, 11) is 1.67. The number of nitrogens with one attached hydrogen (secondary N) is 1. The molecule has 2 heterocycles. The molecule has 0 radical (unpaired) electrons. The Kier molecular flexibility index (Phi) is 7.42. The van der Waals surface area contributed by atoms with Gasteiger partial charge in [0.25, 0.3) is 11.8 Å². The number of benzene rings is 3. The number of carbonyl (C=O) groups is 2. The maximum atomic E-state index is 13.4. The number of piperazine rings is 1. The number of fused-ring (bicyclic) bond motifs is 1. The molecule has 37 heavy (non-hydrogen) atoms. The first-order chi connectivity index (χ1) is 18.1. The molecule has 7 heteroatoms. The quantitative estimate of drug-likeness (QED) is 0.462. The van der Waals surface area contributed by atoms with Crippen LogP contribution in [0, 0.1) is 6.92 Å². The van der Waals surface area contributed by atoms with Crippen molar-refractivity contribution in [2.24, 2.45) is 0 Å². The highest BCUT2D eigenvalue weighted by Crippen LogP contribution is 2.34. The lowest BCUT2D eigenvalue weighted by Crippen LogP contribution is -2.49. The number of rotatable bonds is 8. The molecule has 0 aliphatic carbocycles. The third-order valence-corrected chi connectivity index (χ3v) is 7.24. The number of para-hydroxylation sites is 1. The maximum Gasteiger partial charge on any atom is 0.256 e. The van der Waals surface area contributed by atoms with Crippen molar-refractivity contribution in [3.05, 3.63) is 95.1 Å². The van der Waals surface area contributed by atoms with E-state index in [0.29, 0.717) is 31.8 Å². The average Bonchev–Trinajstić information content (AvgIpc) is 3.19. The molecule has 1 N–H and O–H groups in total. The number of ether oxygens (including phenoxy) is 1. The predicted molar refractivity (Wildman–Crippen MR) is 146 cm³/mol. The fraction of sp³-hybridized carbons (Fsp3) is 0.333. The zero-order chi connectivity index (χ0) is 25.8. The number of aryl methyl sites for hydroxylation is 1. The molecule has 2 amide bonds. The van der Waals surface area contributed by atoms with Gasteiger partial charge in [0.1, 0.15) is 6.17 Å². The molecule has 3 aromatic rings. The normalized spacial score (nSPS) is 17.2. The second kappa shape index (κ2) is 11.0. The van der Waals surface area contributed by atoms with E-state index in [9.17, 15) is 9.59 Å². The zero-order valence-corrected chi connectivity index (χ0v) is 21.5. The number of amides is 2. The Balaban J connectivity index is 1.28. The summed E-state index contributed by atoms with van der Waals surface area (Å²) in [4.78, 5) is 32.6. The lowest BCUT2D eigenvalue weighted by Gasteiger charge is -2.37. The van der Waals surface area contributed by atoms with Crippen LogP contribution in [-0.4, -0.2) is 68.1 Å². The minimum Gasteiger partial charge on any atom is -0.385 e. The number of nitrogens with zero attached hydrogens (tertiary/aromatic N) is 3. The summed E-state index contributed by atoms with van der Waals surface area (Å²) in [5.74, 6) is 0.0518. The van der Waals surface area contributed by atoms with Crippen molar-refractivity contribution in [1.29, 1.82) is 0 Å². The first kappa shape index (κ1) is 24.8. The van der Waals surface area contributed by atoms with Gasteiger partial charge in [-0.3, -0.25) is 9.59 Å². The van der Waals surface area contributed by atoms with Gasteiger partial charge in [0.05, 0.1) is 0 Å². The monoisotopic (exact) mass is 498 g/mol. The van der Waals surface area contributed by atoms with Gasteiger partial charge in [-0.2, -0.15) is 0 Å². The van der Waals surface area contributed by atoms with Crippen molar-refractivity contribution in [3.8, 4) is 0 Å². The van der Waals surface area contributed by atoms with Crippen molar-refractivity contribution in [2.75, 3.05) is 56.7 Å². The first-order valence-electron chi connectivity index (χ1n) is 12.9. The number of anilines is 2. The van der Waals surface area contributed by atoms with Crippen LogP contribution in [0.1, 0.15) is 44.4 Å². The molecular weight excluding hydrogens is 464 g/mol. The highest BCUT2D eigenvalue weighted by atomic mass is 16.5. The summed E-state index contributed by atoms with van der Waals surface area (Å²) in [6, 6.07) is 23.7. The van der Waals surface area contributed by atoms with Crippen LogP contribution in [0.15, 0.2) is 72.8 Å². The lowest BCUT2D eigenvalue weighted by molar-refractivity contribution is 0.0718. The van der Waals surface area contributed by atoms with Crippen LogP contribution in [0.25, 0.3) is 0 Å². The molecule has 2 aliphatic rings. The molecular formula is C30H34N4O3. The Morgan fingerprint density at radius 1 is 0.973 bits per heavy atom. The summed E-state index contributed by atoms with van der Waals surface area (Å²) in [6.07, 6.45) is 0.463. The van der Waals surface area contributed by atoms with E-state index in [1.807, 2.05) is 58.3 Å². The summed E-state index contributed by atoms with van der Waals surface area (Å²) in [5.41, 5.74) is 5.63. The molecule has 1 unspecified atom stereocenters. The van der Waals surface area contributed by atoms with E-state index in [2.05, 4.69) is 41.4 Å². The molecule has 3 aromatic carbocycles. The minimum absolute atomic E-state index is 0.0166. The Labute approximate surface area is 218 Å². The van der Waals surface area contributed by atoms with Gasteiger partial charge in [-0.25, -0.2) is 0 Å². The Morgan fingerprint density at radius 2 is 1.73 bits per heavy atom. The van der Waals surface area contributed by atoms with Crippen molar-refractivity contribution in [3.63, 3.8) is 0 Å². The summed E-state index contributed by atoms with van der Waals surface area (Å²) < 4.78 is 5.20. The second-order valence-electron chi connectivity index (χ2n) is 9.63. The lowest BCUT2D eigenvalue weighted by atomic mass is 10.1. The van der Waals surface area contributed by atoms with Crippen molar-refractivity contribution < 1.29 is 14.3 Å². The number of hydrogen-bond acceptors (Lipinski definition) is 5. The van der Waals surface area contributed by atoms with E-state index in [0.717, 1.165) is 36.3 Å². The molecule has 0 aromatic heterocycles. The first-order valence-corrected chi connectivity index (χ1v) is 12.9. The SMILES string of the molecule is COCCCN1C(=O)c2ccccc2C1Nc1cccc(C(=O)N2CCN(c3ccccc3C)CC2)c1. The molecule has 0 bridgehead atoms. The summed E-state index contributed by atoms with van der Waals surface area (Å²) in [5, 5.41) is 3.52. The molecule has 7 nitrogen and oxygen atoms in total. The van der Waals surface area contributed by atoms with Gasteiger partial charge >= 0.3 is 0 Å². The Morgan fingerprint density at radius 3 is 2.51 bits per heavy atom. The van der Waals surface area contributed by atoms with Crippen LogP contribution in [0.3, 0.4) is 0 Å². The maximum absolute atomic E-state index is 13.4. The van der Waals surface area contributed by atoms with Gasteiger partial charge in [-0.15, -0.1) is 0 Å². The Hall–Kier alpha value is -3.84. The van der Waals surface area contributed by atoms with Crippen LogP contribution in [0.5, 0.6) is 0 Å². The van der Waals surface area contributed by atoms with E-state index in [1.165, 1.54) is 11.3 Å². The fourth-order valence-electron chi connectivity index (χ4n) is 5.29. The molecule has 1 fully saturated rings. The van der Waals surface area contributed by atoms with Gasteiger partial charge in [0, 0.05) is 74.5 Å². The molecule has 192 valence electrons. The molecule has 1 atom stereocenters. The van der Waals surface area contributed by atoms with Gasteiger partial charge < -0.3 is 24.8 Å². The largest absolute Gasteiger partial charge is 0.385 e. The Bertz CT molecular complexity index is 1270. The highest BCUT2D eigenvalue weighted by Gasteiger charge is 2.36. The van der Waals surface area contributed by atoms with E-state index < -0.39 is 0 Å². The number of methoxy groups -OCH3 is 1. The zero-order valence-electron chi connectivity index (χ0n) is 21.5. The fourth-order valence-corrected chi connectivity index (χ4v) is 5.29. The van der Waals surface area contributed by atoms with Gasteiger partial charge in [0.2, 0.25) is 0 Å². The topological polar surface area (TPSA) is 65.1 Å². The van der Waals surface area contributed by atoms with Gasteiger partial charge in [0.15, 0.2) is 0 Å². The van der Waals surface area contributed by atoms with Gasteiger partial charge in [-0.1, -0.05) is 42.5 Å². The number of carbonyl (C=O) groups excluding carboxylic acids is 2. The molecule has 0 spiro atoms. The van der Waals surface area contributed by atoms with E-state index in [1.54, 1.807) is 7.11 Å². The second-order valence-corrected chi connectivity index (χ2v) is 9.63. The van der Waals surface area contributed by atoms with Gasteiger partial charge in [-0.05, 0) is 49.2 Å². The van der Waals surface area contributed by atoms with Crippen molar-refractivity contribution >= 4 is 23.2 Å². The average molecular weight is 499 g/mol. The summed E-state index contributed by atoms with van der Waals surface area (Å²) in [6.45, 7) is 6.29.